The van der Waals surface area contributed by atoms with Gasteiger partial charge in [-0.25, -0.2) is 4.79 Å². The van der Waals surface area contributed by atoms with E-state index in [4.69, 9.17) is 0 Å². The molecule has 0 aromatic rings. The second-order valence-electron chi connectivity index (χ2n) is 3.56. The number of hydrogen-bond acceptors (Lipinski definition) is 4. The van der Waals surface area contributed by atoms with Crippen LogP contribution in [0.2, 0.25) is 0 Å². The molecule has 4 nitrogen and oxygen atoms in total. The first-order valence-corrected chi connectivity index (χ1v) is 4.87. The van der Waals surface area contributed by atoms with Gasteiger partial charge in [0.2, 0.25) is 0 Å². The molecule has 0 heterocycles. The van der Waals surface area contributed by atoms with Crippen LogP contribution in [0.4, 0.5) is 13.2 Å². The SMILES string of the molecule is COC(=O)[C@H]1CC=C[C@@H](OC(=O)C(F)(F)F)C1. The maximum absolute atomic E-state index is 11.9. The minimum Gasteiger partial charge on any atom is -0.469 e. The molecule has 1 aliphatic carbocycles. The first-order chi connectivity index (χ1) is 7.84. The van der Waals surface area contributed by atoms with Gasteiger partial charge in [-0.05, 0) is 12.5 Å². The number of alkyl halides is 3. The van der Waals surface area contributed by atoms with Crippen LogP contribution in [0.15, 0.2) is 12.2 Å². The molecule has 0 N–H and O–H groups in total. The summed E-state index contributed by atoms with van der Waals surface area (Å²) in [6.45, 7) is 0. The second-order valence-corrected chi connectivity index (χ2v) is 3.56. The number of methoxy groups -OCH3 is 1. The van der Waals surface area contributed by atoms with Crippen LogP contribution < -0.4 is 0 Å². The molecule has 0 aromatic heterocycles. The number of carbonyl (C=O) groups is 2. The van der Waals surface area contributed by atoms with Crippen molar-refractivity contribution >= 4 is 11.9 Å². The fourth-order valence-electron chi connectivity index (χ4n) is 1.50. The molecule has 7 heteroatoms. The zero-order chi connectivity index (χ0) is 13.1. The molecule has 0 amide bonds. The molecule has 1 rings (SSSR count). The van der Waals surface area contributed by atoms with Crippen molar-refractivity contribution in [2.24, 2.45) is 5.92 Å². The number of rotatable bonds is 2. The normalized spacial score (nSPS) is 24.2. The first-order valence-electron chi connectivity index (χ1n) is 4.87. The van der Waals surface area contributed by atoms with Crippen LogP contribution in [0.25, 0.3) is 0 Å². The van der Waals surface area contributed by atoms with Gasteiger partial charge in [0.15, 0.2) is 0 Å². The Morgan fingerprint density at radius 2 is 2.00 bits per heavy atom. The van der Waals surface area contributed by atoms with E-state index in [1.807, 2.05) is 0 Å². The van der Waals surface area contributed by atoms with E-state index in [9.17, 15) is 22.8 Å². The van der Waals surface area contributed by atoms with Gasteiger partial charge in [-0.1, -0.05) is 6.08 Å². The summed E-state index contributed by atoms with van der Waals surface area (Å²) in [5.74, 6) is -3.35. The Morgan fingerprint density at radius 3 is 2.53 bits per heavy atom. The van der Waals surface area contributed by atoms with Crippen LogP contribution in [-0.2, 0) is 19.1 Å². The zero-order valence-electron chi connectivity index (χ0n) is 8.99. The summed E-state index contributed by atoms with van der Waals surface area (Å²) in [5, 5.41) is 0. The zero-order valence-corrected chi connectivity index (χ0v) is 8.99. The van der Waals surface area contributed by atoms with Crippen molar-refractivity contribution in [1.82, 2.24) is 0 Å². The van der Waals surface area contributed by atoms with E-state index in [2.05, 4.69) is 9.47 Å². The van der Waals surface area contributed by atoms with Crippen LogP contribution in [-0.4, -0.2) is 31.3 Å². The predicted octanol–water partition coefficient (Wildman–Crippen LogP) is 1.60. The standard InChI is InChI=1S/C10H11F3O4/c1-16-8(14)6-3-2-4-7(5-6)17-9(15)10(11,12)13/h2,4,6-7H,3,5H2,1H3/t6-,7+/m0/s1. The Balaban J connectivity index is 2.57. The summed E-state index contributed by atoms with van der Waals surface area (Å²) in [7, 11) is 1.19. The topological polar surface area (TPSA) is 52.6 Å². The van der Waals surface area contributed by atoms with E-state index in [1.54, 1.807) is 0 Å². The lowest BCUT2D eigenvalue weighted by molar-refractivity contribution is -0.203. The smallest absolute Gasteiger partial charge is 0.469 e. The molecule has 1 aliphatic rings. The minimum absolute atomic E-state index is 0.00495. The summed E-state index contributed by atoms with van der Waals surface area (Å²) >= 11 is 0. The van der Waals surface area contributed by atoms with Gasteiger partial charge in [-0.15, -0.1) is 0 Å². The number of allylic oxidation sites excluding steroid dienone is 1. The lowest BCUT2D eigenvalue weighted by Gasteiger charge is -2.23. The molecule has 17 heavy (non-hydrogen) atoms. The maximum atomic E-state index is 11.9. The van der Waals surface area contributed by atoms with Crippen molar-refractivity contribution in [3.63, 3.8) is 0 Å². The molecule has 2 atom stereocenters. The number of esters is 2. The molecule has 0 bridgehead atoms. The van der Waals surface area contributed by atoms with Crippen LogP contribution in [0.1, 0.15) is 12.8 Å². The molecular formula is C10H11F3O4. The van der Waals surface area contributed by atoms with Crippen molar-refractivity contribution in [3.8, 4) is 0 Å². The lowest BCUT2D eigenvalue weighted by Crippen LogP contribution is -2.33. The number of hydrogen-bond donors (Lipinski definition) is 0. The number of halogens is 3. The minimum atomic E-state index is -5.02. The highest BCUT2D eigenvalue weighted by Gasteiger charge is 2.42. The summed E-state index contributed by atoms with van der Waals surface area (Å²) in [4.78, 5) is 21.8. The van der Waals surface area contributed by atoms with Gasteiger partial charge in [0.25, 0.3) is 0 Å². The van der Waals surface area contributed by atoms with Gasteiger partial charge in [0, 0.05) is 6.42 Å². The Morgan fingerprint density at radius 1 is 1.35 bits per heavy atom. The molecule has 0 spiro atoms. The van der Waals surface area contributed by atoms with Crippen molar-refractivity contribution in [2.45, 2.75) is 25.1 Å². The van der Waals surface area contributed by atoms with Crippen molar-refractivity contribution in [2.75, 3.05) is 7.11 Å². The average molecular weight is 252 g/mol. The maximum Gasteiger partial charge on any atom is 0.490 e. The van der Waals surface area contributed by atoms with Gasteiger partial charge < -0.3 is 9.47 Å². The fraction of sp³-hybridized carbons (Fsp3) is 0.600. The van der Waals surface area contributed by atoms with E-state index < -0.39 is 30.1 Å². The third-order valence-electron chi connectivity index (χ3n) is 2.31. The van der Waals surface area contributed by atoms with Gasteiger partial charge >= 0.3 is 18.1 Å². The van der Waals surface area contributed by atoms with Gasteiger partial charge in [-0.3, -0.25) is 4.79 Å². The predicted molar refractivity (Wildman–Crippen MR) is 49.8 cm³/mol. The summed E-state index contributed by atoms with van der Waals surface area (Å²) in [6, 6.07) is 0. The molecule has 0 radical (unpaired) electrons. The van der Waals surface area contributed by atoms with E-state index in [0.717, 1.165) is 0 Å². The molecule has 96 valence electrons. The quantitative estimate of drug-likeness (QED) is 0.553. The largest absolute Gasteiger partial charge is 0.490 e. The van der Waals surface area contributed by atoms with Crippen molar-refractivity contribution in [1.29, 1.82) is 0 Å². The molecule has 0 unspecified atom stereocenters. The summed E-state index contributed by atoms with van der Waals surface area (Å²) in [5.41, 5.74) is 0. The molecule has 0 saturated carbocycles. The van der Waals surface area contributed by atoms with Crippen molar-refractivity contribution in [3.05, 3.63) is 12.2 Å². The summed E-state index contributed by atoms with van der Waals surface area (Å²) < 4.78 is 44.5. The van der Waals surface area contributed by atoms with Crippen LogP contribution in [0.3, 0.4) is 0 Å². The first kappa shape index (κ1) is 13.5. The third kappa shape index (κ3) is 3.76. The average Bonchev–Trinajstić information content (AvgIpc) is 2.27. The van der Waals surface area contributed by atoms with Crippen LogP contribution in [0, 0.1) is 5.92 Å². The van der Waals surface area contributed by atoms with Gasteiger partial charge in [0.1, 0.15) is 6.10 Å². The fourth-order valence-corrected chi connectivity index (χ4v) is 1.50. The molecule has 0 aliphatic heterocycles. The van der Waals surface area contributed by atoms with Gasteiger partial charge in [-0.2, -0.15) is 13.2 Å². The Bertz CT molecular complexity index is 335. The molecule has 0 saturated heterocycles. The second kappa shape index (κ2) is 5.20. The Kier molecular flexibility index (Phi) is 4.14. The Hall–Kier alpha value is -1.53. The highest BCUT2D eigenvalue weighted by atomic mass is 19.4. The van der Waals surface area contributed by atoms with E-state index >= 15 is 0 Å². The highest BCUT2D eigenvalue weighted by molar-refractivity contribution is 5.76. The van der Waals surface area contributed by atoms with E-state index in [0.29, 0.717) is 6.42 Å². The number of carbonyl (C=O) groups excluding carboxylic acids is 2. The van der Waals surface area contributed by atoms with Gasteiger partial charge in [0.05, 0.1) is 13.0 Å². The van der Waals surface area contributed by atoms with Crippen LogP contribution >= 0.6 is 0 Å². The summed E-state index contributed by atoms with van der Waals surface area (Å²) in [6.07, 6.45) is -2.85. The lowest BCUT2D eigenvalue weighted by atomic mass is 9.92. The molecule has 0 fully saturated rings. The van der Waals surface area contributed by atoms with Crippen molar-refractivity contribution < 1.29 is 32.2 Å². The number of ether oxygens (including phenoxy) is 2. The third-order valence-corrected chi connectivity index (χ3v) is 2.31. The highest BCUT2D eigenvalue weighted by Crippen LogP contribution is 2.25. The molecule has 0 aromatic carbocycles. The Labute approximate surface area is 95.4 Å². The van der Waals surface area contributed by atoms with E-state index in [1.165, 1.54) is 19.3 Å². The van der Waals surface area contributed by atoms with E-state index in [-0.39, 0.29) is 6.42 Å². The molecular weight excluding hydrogens is 241 g/mol. The van der Waals surface area contributed by atoms with Crippen LogP contribution in [0.5, 0.6) is 0 Å². The monoisotopic (exact) mass is 252 g/mol.